The van der Waals surface area contributed by atoms with E-state index >= 15 is 0 Å². The molecule has 0 aliphatic carbocycles. The van der Waals surface area contributed by atoms with Crippen LogP contribution in [-0.2, 0) is 37.7 Å². The highest BCUT2D eigenvalue weighted by atomic mass is 31.2. The lowest BCUT2D eigenvalue weighted by Crippen LogP contribution is -2.30. The zero-order valence-electron chi connectivity index (χ0n) is 12.4. The van der Waals surface area contributed by atoms with E-state index in [9.17, 15) is 18.9 Å². The summed E-state index contributed by atoms with van der Waals surface area (Å²) in [6.45, 7) is 3.35. The van der Waals surface area contributed by atoms with Crippen molar-refractivity contribution in [3.8, 4) is 0 Å². The maximum atomic E-state index is 12.9. The molecule has 0 amide bonds. The average molecular weight is 322 g/mol. The predicted molar refractivity (Wildman–Crippen MR) is 70.8 cm³/mol. The summed E-state index contributed by atoms with van der Waals surface area (Å²) in [4.78, 5) is 33.2. The van der Waals surface area contributed by atoms with Crippen molar-refractivity contribution in [2.24, 2.45) is 0 Å². The fourth-order valence-electron chi connectivity index (χ4n) is 2.27. The quantitative estimate of drug-likeness (QED) is 0.420. The summed E-state index contributed by atoms with van der Waals surface area (Å²) in [6.07, 6.45) is -0.770. The van der Waals surface area contributed by atoms with E-state index in [1.807, 2.05) is 0 Å². The van der Waals surface area contributed by atoms with Gasteiger partial charge in [0.05, 0.1) is 0 Å². The fourth-order valence-corrected chi connectivity index (χ4v) is 4.93. The molecule has 1 aliphatic rings. The summed E-state index contributed by atoms with van der Waals surface area (Å²) < 4.78 is 32.9. The number of ether oxygens (including phenoxy) is 3. The Bertz CT molecular complexity index is 474. The van der Waals surface area contributed by atoms with Crippen LogP contribution in [0.15, 0.2) is 0 Å². The maximum Gasteiger partial charge on any atom is 0.303 e. The summed E-state index contributed by atoms with van der Waals surface area (Å²) in [6, 6.07) is 0. The Balaban J connectivity index is 3.02. The predicted octanol–water partition coefficient (Wildman–Crippen LogP) is 1.07. The molecule has 1 saturated heterocycles. The largest absolute Gasteiger partial charge is 0.465 e. The van der Waals surface area contributed by atoms with E-state index in [-0.39, 0.29) is 13.0 Å². The van der Waals surface area contributed by atoms with Gasteiger partial charge in [0, 0.05) is 34.3 Å². The van der Waals surface area contributed by atoms with Gasteiger partial charge in [-0.2, -0.15) is 0 Å². The molecule has 2 unspecified atom stereocenters. The Morgan fingerprint density at radius 1 is 1.05 bits per heavy atom. The van der Waals surface area contributed by atoms with Gasteiger partial charge in [-0.25, -0.2) is 0 Å². The molecule has 4 atom stereocenters. The van der Waals surface area contributed by atoms with Crippen LogP contribution in [-0.4, -0.2) is 49.2 Å². The SMILES string of the molecule is COP1(=O)C(OC(C)=O)C[C@H](OC(C)=O)[C@H]1COC(C)=O. The molecule has 120 valence electrons. The van der Waals surface area contributed by atoms with E-state index in [0.29, 0.717) is 0 Å². The van der Waals surface area contributed by atoms with Crippen molar-refractivity contribution < 1.29 is 37.7 Å². The van der Waals surface area contributed by atoms with Crippen molar-refractivity contribution in [3.63, 3.8) is 0 Å². The molecular weight excluding hydrogens is 303 g/mol. The average Bonchev–Trinajstić information content (AvgIpc) is 2.59. The zero-order chi connectivity index (χ0) is 16.2. The first-order chi connectivity index (χ1) is 9.70. The van der Waals surface area contributed by atoms with Crippen molar-refractivity contribution >= 4 is 25.3 Å². The van der Waals surface area contributed by atoms with Crippen LogP contribution in [0.1, 0.15) is 27.2 Å². The molecule has 0 aromatic heterocycles. The smallest absolute Gasteiger partial charge is 0.303 e. The molecule has 9 heteroatoms. The van der Waals surface area contributed by atoms with Crippen LogP contribution < -0.4 is 0 Å². The van der Waals surface area contributed by atoms with Gasteiger partial charge < -0.3 is 18.7 Å². The lowest BCUT2D eigenvalue weighted by molar-refractivity contribution is -0.149. The minimum Gasteiger partial charge on any atom is -0.465 e. The normalized spacial score (nSPS) is 31.5. The van der Waals surface area contributed by atoms with Crippen molar-refractivity contribution in [2.75, 3.05) is 13.7 Å². The van der Waals surface area contributed by atoms with Crippen LogP contribution in [0.3, 0.4) is 0 Å². The first-order valence-electron chi connectivity index (χ1n) is 6.33. The molecule has 0 N–H and O–H groups in total. The van der Waals surface area contributed by atoms with Gasteiger partial charge in [-0.15, -0.1) is 0 Å². The maximum absolute atomic E-state index is 12.9. The minimum absolute atomic E-state index is 0.0379. The third-order valence-electron chi connectivity index (χ3n) is 3.09. The number of esters is 3. The van der Waals surface area contributed by atoms with E-state index in [2.05, 4.69) is 0 Å². The van der Waals surface area contributed by atoms with Crippen LogP contribution in [0.5, 0.6) is 0 Å². The standard InChI is InChI=1S/C12H19O8P/c1-7(13)18-6-11-10(19-8(2)14)5-12(20-9(3)15)21(11,16)17-4/h10-12H,5-6H2,1-4H3/t10-,11+,12?,21?/m0/s1. The van der Waals surface area contributed by atoms with Gasteiger partial charge in [-0.05, 0) is 0 Å². The highest BCUT2D eigenvalue weighted by Gasteiger charge is 2.56. The lowest BCUT2D eigenvalue weighted by atomic mass is 10.2. The molecule has 0 saturated carbocycles. The molecule has 21 heavy (non-hydrogen) atoms. The molecule has 1 aliphatic heterocycles. The van der Waals surface area contributed by atoms with Gasteiger partial charge >= 0.3 is 17.9 Å². The van der Waals surface area contributed by atoms with Gasteiger partial charge in [-0.1, -0.05) is 0 Å². The Labute approximate surface area is 122 Å². The summed E-state index contributed by atoms with van der Waals surface area (Å²) in [7, 11) is -2.27. The van der Waals surface area contributed by atoms with Gasteiger partial charge in [0.1, 0.15) is 18.4 Å². The summed E-state index contributed by atoms with van der Waals surface area (Å²) in [5, 5.41) is 0. The summed E-state index contributed by atoms with van der Waals surface area (Å²) in [5.74, 6) is -2.77. The Morgan fingerprint density at radius 3 is 2.05 bits per heavy atom. The van der Waals surface area contributed by atoms with Crippen molar-refractivity contribution in [2.45, 2.75) is 44.8 Å². The van der Waals surface area contributed by atoms with Crippen LogP contribution in [0.4, 0.5) is 0 Å². The number of carbonyl (C=O) groups excluding carboxylic acids is 3. The Hall–Kier alpha value is -1.40. The molecule has 1 fully saturated rings. The van der Waals surface area contributed by atoms with Crippen LogP contribution >= 0.6 is 7.37 Å². The third-order valence-corrected chi connectivity index (χ3v) is 6.18. The number of hydrogen-bond donors (Lipinski definition) is 0. The monoisotopic (exact) mass is 322 g/mol. The Morgan fingerprint density at radius 2 is 1.62 bits per heavy atom. The molecule has 8 nitrogen and oxygen atoms in total. The van der Waals surface area contributed by atoms with Crippen LogP contribution in [0.25, 0.3) is 0 Å². The first-order valence-corrected chi connectivity index (χ1v) is 8.10. The van der Waals surface area contributed by atoms with Crippen LogP contribution in [0.2, 0.25) is 0 Å². The fraction of sp³-hybridized carbons (Fsp3) is 0.750. The molecule has 0 bridgehead atoms. The third kappa shape index (κ3) is 4.28. The van der Waals surface area contributed by atoms with E-state index in [0.717, 1.165) is 0 Å². The molecule has 1 heterocycles. The van der Waals surface area contributed by atoms with E-state index in [4.69, 9.17) is 18.7 Å². The van der Waals surface area contributed by atoms with Gasteiger partial charge in [0.25, 0.3) is 7.37 Å². The molecule has 1 rings (SSSR count). The highest BCUT2D eigenvalue weighted by Crippen LogP contribution is 2.64. The van der Waals surface area contributed by atoms with Gasteiger partial charge in [0.2, 0.25) is 0 Å². The first kappa shape index (κ1) is 17.7. The molecule has 0 radical (unpaired) electrons. The second-order valence-electron chi connectivity index (χ2n) is 4.65. The molecule has 0 aromatic carbocycles. The van der Waals surface area contributed by atoms with Crippen molar-refractivity contribution in [1.29, 1.82) is 0 Å². The van der Waals surface area contributed by atoms with Crippen LogP contribution in [0, 0.1) is 0 Å². The lowest BCUT2D eigenvalue weighted by Gasteiger charge is -2.24. The van der Waals surface area contributed by atoms with Gasteiger partial charge in [0.15, 0.2) is 5.85 Å². The molecule has 0 aromatic rings. The van der Waals surface area contributed by atoms with E-state index in [1.165, 1.54) is 27.9 Å². The number of carbonyl (C=O) groups is 3. The number of hydrogen-bond acceptors (Lipinski definition) is 8. The van der Waals surface area contributed by atoms with Crippen molar-refractivity contribution in [1.82, 2.24) is 0 Å². The second kappa shape index (κ2) is 7.04. The topological polar surface area (TPSA) is 105 Å². The van der Waals surface area contributed by atoms with Gasteiger partial charge in [-0.3, -0.25) is 18.9 Å². The highest BCUT2D eigenvalue weighted by molar-refractivity contribution is 7.60. The van der Waals surface area contributed by atoms with E-state index in [1.54, 1.807) is 0 Å². The van der Waals surface area contributed by atoms with E-state index < -0.39 is 42.9 Å². The summed E-state index contributed by atoms with van der Waals surface area (Å²) >= 11 is 0. The molecular formula is C12H19O8P. The Kier molecular flexibility index (Phi) is 5.92. The van der Waals surface area contributed by atoms with Crippen molar-refractivity contribution in [3.05, 3.63) is 0 Å². The summed E-state index contributed by atoms with van der Waals surface area (Å²) in [5.41, 5.74) is -0.861. The second-order valence-corrected chi connectivity index (χ2v) is 7.54. The molecule has 0 spiro atoms. The number of rotatable bonds is 5. The minimum atomic E-state index is -3.49. The zero-order valence-corrected chi connectivity index (χ0v) is 13.3.